The van der Waals surface area contributed by atoms with Gasteiger partial charge < -0.3 is 19.7 Å². The van der Waals surface area contributed by atoms with E-state index in [1.54, 1.807) is 6.08 Å². The van der Waals surface area contributed by atoms with E-state index in [2.05, 4.69) is 21.2 Å². The van der Waals surface area contributed by atoms with Crippen LogP contribution in [0.4, 0.5) is 11.4 Å². The van der Waals surface area contributed by atoms with Crippen molar-refractivity contribution < 1.29 is 14.3 Å². The maximum atomic E-state index is 12.4. The number of benzene rings is 3. The molecule has 0 fully saturated rings. The Kier molecular flexibility index (Phi) is 8.80. The second-order valence-electron chi connectivity index (χ2n) is 7.41. The van der Waals surface area contributed by atoms with Crippen LogP contribution in [0.2, 0.25) is 5.02 Å². The van der Waals surface area contributed by atoms with Gasteiger partial charge in [0.25, 0.3) is 0 Å². The van der Waals surface area contributed by atoms with Crippen molar-refractivity contribution in [2.75, 3.05) is 30.9 Å². The molecular weight excluding hydrogens is 504 g/mol. The fourth-order valence-electron chi connectivity index (χ4n) is 3.05. The van der Waals surface area contributed by atoms with E-state index in [4.69, 9.17) is 21.1 Å². The number of hydrogen-bond donors (Lipinski definition) is 1. The Hall–Kier alpha value is -2.96. The van der Waals surface area contributed by atoms with E-state index >= 15 is 0 Å². The Labute approximate surface area is 208 Å². The van der Waals surface area contributed by atoms with E-state index in [-0.39, 0.29) is 5.91 Å². The minimum atomic E-state index is -0.222. The number of carbonyl (C=O) groups is 1. The number of nitrogens with zero attached hydrogens (tertiary/aromatic N) is 1. The molecule has 3 rings (SSSR count). The Morgan fingerprint density at radius 1 is 1.09 bits per heavy atom. The van der Waals surface area contributed by atoms with Crippen molar-refractivity contribution in [3.05, 3.63) is 87.4 Å². The Bertz CT molecular complexity index is 1130. The third kappa shape index (κ3) is 7.01. The predicted octanol–water partition coefficient (Wildman–Crippen LogP) is 6.80. The molecule has 0 aliphatic heterocycles. The molecule has 0 spiro atoms. The summed E-state index contributed by atoms with van der Waals surface area (Å²) in [6.07, 6.45) is 3.22. The van der Waals surface area contributed by atoms with Crippen LogP contribution < -0.4 is 19.7 Å². The normalized spacial score (nSPS) is 10.8. The third-order valence-electron chi connectivity index (χ3n) is 4.74. The topological polar surface area (TPSA) is 50.8 Å². The molecule has 33 heavy (non-hydrogen) atoms. The van der Waals surface area contributed by atoms with Gasteiger partial charge in [-0.3, -0.25) is 4.79 Å². The second kappa shape index (κ2) is 11.8. The van der Waals surface area contributed by atoms with Crippen LogP contribution in [-0.2, 0) is 11.4 Å². The third-order valence-corrected chi connectivity index (χ3v) is 5.70. The number of hydrogen-bond acceptors (Lipinski definition) is 4. The van der Waals surface area contributed by atoms with Gasteiger partial charge in [-0.05, 0) is 77.0 Å². The van der Waals surface area contributed by atoms with Crippen LogP contribution in [0.25, 0.3) is 6.08 Å². The molecule has 0 unspecified atom stereocenters. The number of carbonyl (C=O) groups excluding carboxylic acids is 1. The first kappa shape index (κ1) is 24.7. The molecule has 0 aliphatic rings. The first-order chi connectivity index (χ1) is 15.9. The van der Waals surface area contributed by atoms with Gasteiger partial charge in [0.1, 0.15) is 6.61 Å². The summed E-state index contributed by atoms with van der Waals surface area (Å²) in [5.74, 6) is 0.943. The van der Waals surface area contributed by atoms with Crippen molar-refractivity contribution in [3.8, 4) is 11.5 Å². The number of halogens is 2. The molecule has 0 saturated heterocycles. The Balaban J connectivity index is 1.71. The van der Waals surface area contributed by atoms with Crippen molar-refractivity contribution in [2.24, 2.45) is 0 Å². The van der Waals surface area contributed by atoms with Gasteiger partial charge in [0.2, 0.25) is 5.91 Å². The van der Waals surface area contributed by atoms with Gasteiger partial charge in [0.05, 0.1) is 11.1 Å². The molecule has 5 nitrogen and oxygen atoms in total. The van der Waals surface area contributed by atoms with E-state index in [0.29, 0.717) is 29.7 Å². The number of amides is 1. The summed E-state index contributed by atoms with van der Waals surface area (Å²) in [5.41, 5.74) is 3.48. The number of ether oxygens (including phenoxy) is 2. The lowest BCUT2D eigenvalue weighted by Crippen LogP contribution is -2.10. The molecule has 0 bridgehead atoms. The van der Waals surface area contributed by atoms with E-state index < -0.39 is 0 Å². The zero-order valence-electron chi connectivity index (χ0n) is 18.8. The van der Waals surface area contributed by atoms with Crippen LogP contribution in [0.5, 0.6) is 11.5 Å². The van der Waals surface area contributed by atoms with Crippen LogP contribution in [0.3, 0.4) is 0 Å². The molecule has 3 aromatic rings. The zero-order valence-corrected chi connectivity index (χ0v) is 21.1. The molecule has 0 saturated carbocycles. The van der Waals surface area contributed by atoms with Crippen LogP contribution in [0.1, 0.15) is 18.1 Å². The molecule has 3 aromatic carbocycles. The molecule has 0 radical (unpaired) electrons. The lowest BCUT2D eigenvalue weighted by atomic mass is 10.1. The van der Waals surface area contributed by atoms with Crippen molar-refractivity contribution in [1.82, 2.24) is 0 Å². The molecule has 0 aromatic heterocycles. The lowest BCUT2D eigenvalue weighted by molar-refractivity contribution is -0.111. The lowest BCUT2D eigenvalue weighted by Gasteiger charge is -2.15. The molecule has 172 valence electrons. The SMILES string of the molecule is CCOc1cc(/C=C/C(=O)Nc2ccc(N(C)C)cc2)cc(Br)c1OCc1ccccc1Cl. The summed E-state index contributed by atoms with van der Waals surface area (Å²) in [5, 5.41) is 3.51. The van der Waals surface area contributed by atoms with E-state index in [1.807, 2.05) is 86.6 Å². The highest BCUT2D eigenvalue weighted by Crippen LogP contribution is 2.38. The monoisotopic (exact) mass is 528 g/mol. The average molecular weight is 530 g/mol. The molecule has 1 N–H and O–H groups in total. The smallest absolute Gasteiger partial charge is 0.248 e. The van der Waals surface area contributed by atoms with Crippen LogP contribution >= 0.6 is 27.5 Å². The molecule has 1 amide bonds. The Morgan fingerprint density at radius 2 is 1.82 bits per heavy atom. The maximum Gasteiger partial charge on any atom is 0.248 e. The minimum absolute atomic E-state index is 0.222. The predicted molar refractivity (Wildman–Crippen MR) is 140 cm³/mol. The van der Waals surface area contributed by atoms with Gasteiger partial charge in [-0.15, -0.1) is 0 Å². The van der Waals surface area contributed by atoms with Crippen molar-refractivity contribution in [2.45, 2.75) is 13.5 Å². The first-order valence-electron chi connectivity index (χ1n) is 10.5. The zero-order chi connectivity index (χ0) is 23.8. The van der Waals surface area contributed by atoms with Crippen molar-refractivity contribution in [3.63, 3.8) is 0 Å². The standard InChI is InChI=1S/C26H26BrClN2O3/c1-4-32-24-16-18(9-14-25(31)29-20-10-12-21(13-11-20)30(2)3)15-22(27)26(24)33-17-19-7-5-6-8-23(19)28/h5-16H,4,17H2,1-3H3,(H,29,31)/b14-9+. The minimum Gasteiger partial charge on any atom is -0.490 e. The van der Waals surface area contributed by atoms with E-state index in [0.717, 1.165) is 27.0 Å². The fraction of sp³-hybridized carbons (Fsp3) is 0.192. The summed E-state index contributed by atoms with van der Waals surface area (Å²) in [6.45, 7) is 2.69. The number of anilines is 2. The van der Waals surface area contributed by atoms with Gasteiger partial charge in [-0.2, -0.15) is 0 Å². The van der Waals surface area contributed by atoms with Crippen LogP contribution in [-0.4, -0.2) is 26.6 Å². The highest BCUT2D eigenvalue weighted by Gasteiger charge is 2.13. The molecule has 0 heterocycles. The quantitative estimate of drug-likeness (QED) is 0.310. The summed E-state index contributed by atoms with van der Waals surface area (Å²) < 4.78 is 12.5. The van der Waals surface area contributed by atoms with Crippen molar-refractivity contribution in [1.29, 1.82) is 0 Å². The second-order valence-corrected chi connectivity index (χ2v) is 8.67. The summed E-state index contributed by atoms with van der Waals surface area (Å²) in [6, 6.07) is 18.9. The highest BCUT2D eigenvalue weighted by atomic mass is 79.9. The number of nitrogens with one attached hydrogen (secondary N) is 1. The van der Waals surface area contributed by atoms with Crippen LogP contribution in [0.15, 0.2) is 71.2 Å². The molecule has 0 atom stereocenters. The van der Waals surface area contributed by atoms with Crippen LogP contribution in [0, 0.1) is 0 Å². The molecular formula is C26H26BrClN2O3. The largest absolute Gasteiger partial charge is 0.490 e. The molecule has 0 aliphatic carbocycles. The molecule has 7 heteroatoms. The average Bonchev–Trinajstić information content (AvgIpc) is 2.79. The van der Waals surface area contributed by atoms with Gasteiger partial charge in [0, 0.05) is 42.1 Å². The fourth-order valence-corrected chi connectivity index (χ4v) is 3.82. The van der Waals surface area contributed by atoms with E-state index in [9.17, 15) is 4.79 Å². The maximum absolute atomic E-state index is 12.4. The Morgan fingerprint density at radius 3 is 2.48 bits per heavy atom. The van der Waals surface area contributed by atoms with Crippen molar-refractivity contribution >= 4 is 50.9 Å². The summed E-state index contributed by atoms with van der Waals surface area (Å²) in [4.78, 5) is 14.4. The van der Waals surface area contributed by atoms with Gasteiger partial charge in [-0.25, -0.2) is 0 Å². The number of rotatable bonds is 9. The first-order valence-corrected chi connectivity index (χ1v) is 11.6. The van der Waals surface area contributed by atoms with Gasteiger partial charge in [-0.1, -0.05) is 29.8 Å². The van der Waals surface area contributed by atoms with Gasteiger partial charge in [0.15, 0.2) is 11.5 Å². The van der Waals surface area contributed by atoms with Gasteiger partial charge >= 0.3 is 0 Å². The summed E-state index contributed by atoms with van der Waals surface area (Å²) in [7, 11) is 3.94. The highest BCUT2D eigenvalue weighted by molar-refractivity contribution is 9.10. The summed E-state index contributed by atoms with van der Waals surface area (Å²) >= 11 is 9.80. The van der Waals surface area contributed by atoms with E-state index in [1.165, 1.54) is 6.08 Å².